The van der Waals surface area contributed by atoms with Crippen LogP contribution in [-0.2, 0) is 0 Å². The normalized spacial score (nSPS) is 11.3. The van der Waals surface area contributed by atoms with Crippen molar-refractivity contribution < 1.29 is 4.42 Å². The van der Waals surface area contributed by atoms with Crippen LogP contribution in [0.2, 0.25) is 0 Å². The molecule has 0 radical (unpaired) electrons. The molecule has 0 aliphatic heterocycles. The lowest BCUT2D eigenvalue weighted by atomic mass is 9.94. The maximum absolute atomic E-state index is 6.54. The highest BCUT2D eigenvalue weighted by Gasteiger charge is 2.23. The van der Waals surface area contributed by atoms with Gasteiger partial charge in [0.2, 0.25) is 0 Å². The first kappa shape index (κ1) is 47.0. The SMILES string of the molecule is c1ccc(-c2ccccc2-c2cccc(N(c3cccc(-c4ccccc4N(c4ccc(-c5ccc6c(c5)oc5cc7ccccc7cc56)cc4)c4ccccc4-c4ccccc4)c3)c3ccccc3-c3ccccc3)c2)cc1. The van der Waals surface area contributed by atoms with E-state index in [9.17, 15) is 0 Å². The van der Waals surface area contributed by atoms with Crippen molar-refractivity contribution in [1.82, 2.24) is 0 Å². The molecular formula is C76H52N2O. The van der Waals surface area contributed by atoms with Crippen molar-refractivity contribution in [2.24, 2.45) is 0 Å². The van der Waals surface area contributed by atoms with Gasteiger partial charge in [0, 0.05) is 44.5 Å². The zero-order valence-corrected chi connectivity index (χ0v) is 43.3. The number of nitrogens with zero attached hydrogens (tertiary/aromatic N) is 2. The minimum atomic E-state index is 0.879. The van der Waals surface area contributed by atoms with Crippen molar-refractivity contribution in [1.29, 1.82) is 0 Å². The largest absolute Gasteiger partial charge is 0.456 e. The molecule has 3 nitrogen and oxygen atoms in total. The van der Waals surface area contributed by atoms with Gasteiger partial charge in [-0.2, -0.15) is 0 Å². The van der Waals surface area contributed by atoms with E-state index in [0.717, 1.165) is 106 Å². The fourth-order valence-corrected chi connectivity index (χ4v) is 11.5. The van der Waals surface area contributed by atoms with Crippen LogP contribution < -0.4 is 9.80 Å². The Labute approximate surface area is 460 Å². The van der Waals surface area contributed by atoms with E-state index < -0.39 is 0 Å². The molecule has 3 heteroatoms. The Morgan fingerprint density at radius 1 is 0.203 bits per heavy atom. The van der Waals surface area contributed by atoms with Gasteiger partial charge in [-0.25, -0.2) is 0 Å². The number of furan rings is 1. The van der Waals surface area contributed by atoms with Crippen molar-refractivity contribution in [2.45, 2.75) is 0 Å². The summed E-state index contributed by atoms with van der Waals surface area (Å²) in [4.78, 5) is 4.85. The van der Waals surface area contributed by atoms with Crippen LogP contribution in [0, 0.1) is 0 Å². The molecule has 0 fully saturated rings. The second-order valence-corrected chi connectivity index (χ2v) is 20.0. The van der Waals surface area contributed by atoms with Gasteiger partial charge in [-0.15, -0.1) is 0 Å². The van der Waals surface area contributed by atoms with Gasteiger partial charge in [0.05, 0.1) is 17.1 Å². The summed E-state index contributed by atoms with van der Waals surface area (Å²) in [5.74, 6) is 0. The highest BCUT2D eigenvalue weighted by molar-refractivity contribution is 6.11. The first-order chi connectivity index (χ1) is 39.2. The van der Waals surface area contributed by atoms with Crippen molar-refractivity contribution in [3.8, 4) is 66.8 Å². The molecule has 0 aliphatic rings. The third kappa shape index (κ3) is 8.99. The zero-order chi connectivity index (χ0) is 52.5. The summed E-state index contributed by atoms with van der Waals surface area (Å²) in [5.41, 5.74) is 21.8. The first-order valence-corrected chi connectivity index (χ1v) is 27.0. The lowest BCUT2D eigenvalue weighted by Gasteiger charge is -2.31. The summed E-state index contributed by atoms with van der Waals surface area (Å²) in [7, 11) is 0. The third-order valence-electron chi connectivity index (χ3n) is 15.2. The molecule has 0 N–H and O–H groups in total. The second-order valence-electron chi connectivity index (χ2n) is 20.0. The van der Waals surface area contributed by atoms with Crippen molar-refractivity contribution in [3.63, 3.8) is 0 Å². The van der Waals surface area contributed by atoms with Crippen LogP contribution in [0.3, 0.4) is 0 Å². The molecule has 14 aromatic rings. The molecular weight excluding hydrogens is 957 g/mol. The molecule has 0 saturated heterocycles. The molecule has 79 heavy (non-hydrogen) atoms. The van der Waals surface area contributed by atoms with Gasteiger partial charge < -0.3 is 14.2 Å². The summed E-state index contributed by atoms with van der Waals surface area (Å²) in [6.45, 7) is 0. The third-order valence-corrected chi connectivity index (χ3v) is 15.2. The lowest BCUT2D eigenvalue weighted by Crippen LogP contribution is -2.13. The molecule has 0 unspecified atom stereocenters. The van der Waals surface area contributed by atoms with E-state index in [4.69, 9.17) is 4.42 Å². The molecule has 372 valence electrons. The highest BCUT2D eigenvalue weighted by atomic mass is 16.3. The summed E-state index contributed by atoms with van der Waals surface area (Å²) >= 11 is 0. The van der Waals surface area contributed by atoms with Gasteiger partial charge in [-0.05, 0) is 140 Å². The maximum atomic E-state index is 6.54. The molecule has 1 aromatic heterocycles. The van der Waals surface area contributed by atoms with Gasteiger partial charge in [0.25, 0.3) is 0 Å². The Hall–Kier alpha value is -10.5. The molecule has 0 saturated carbocycles. The number of rotatable bonds is 12. The molecule has 1 heterocycles. The van der Waals surface area contributed by atoms with Crippen LogP contribution >= 0.6 is 0 Å². The summed E-state index contributed by atoms with van der Waals surface area (Å²) in [6.07, 6.45) is 0. The van der Waals surface area contributed by atoms with Gasteiger partial charge in [0.1, 0.15) is 11.2 Å². The zero-order valence-electron chi connectivity index (χ0n) is 43.3. The van der Waals surface area contributed by atoms with E-state index in [0.29, 0.717) is 0 Å². The monoisotopic (exact) mass is 1010 g/mol. The Kier molecular flexibility index (Phi) is 12.2. The lowest BCUT2D eigenvalue weighted by molar-refractivity contribution is 0.669. The second kappa shape index (κ2) is 20.6. The number of benzene rings is 13. The van der Waals surface area contributed by atoms with Crippen LogP contribution in [0.25, 0.3) is 99.5 Å². The first-order valence-electron chi connectivity index (χ1n) is 27.0. The van der Waals surface area contributed by atoms with Crippen LogP contribution in [0.15, 0.2) is 320 Å². The Balaban J connectivity index is 0.904. The molecule has 0 bridgehead atoms. The number of fused-ring (bicyclic) bond motifs is 4. The number of hydrogen-bond donors (Lipinski definition) is 0. The van der Waals surface area contributed by atoms with Crippen molar-refractivity contribution in [3.05, 3.63) is 315 Å². The van der Waals surface area contributed by atoms with E-state index in [1.165, 1.54) is 27.5 Å². The average molecular weight is 1010 g/mol. The molecule has 0 spiro atoms. The predicted octanol–water partition coefficient (Wildman–Crippen LogP) is 21.7. The number of anilines is 6. The summed E-state index contributed by atoms with van der Waals surface area (Å²) in [5, 5.41) is 4.63. The number of para-hydroxylation sites is 3. The van der Waals surface area contributed by atoms with Crippen LogP contribution in [0.5, 0.6) is 0 Å². The van der Waals surface area contributed by atoms with E-state index in [-0.39, 0.29) is 0 Å². The Morgan fingerprint density at radius 3 is 1.15 bits per heavy atom. The number of hydrogen-bond acceptors (Lipinski definition) is 3. The van der Waals surface area contributed by atoms with Crippen LogP contribution in [0.4, 0.5) is 34.1 Å². The minimum absolute atomic E-state index is 0.879. The van der Waals surface area contributed by atoms with Crippen LogP contribution in [-0.4, -0.2) is 0 Å². The standard InChI is InChI=1S/C76H52N2O/c1-4-22-54(23-5-1)65-34-12-13-35-66(65)60-30-20-32-63(48-60)77(72-39-17-14-36-67(72)55-24-6-2-7-25-55)64-33-21-31-61(49-64)69-38-16-19-41-74(69)78(73-40-18-15-37-68(73)56-26-8-3-9-27-56)62-45-42-53(43-46-62)59-44-47-70-71-50-57-28-10-11-29-58(57)51-76(71)79-75(70)52-59/h1-52H. The molecule has 14 rings (SSSR count). The van der Waals surface area contributed by atoms with Gasteiger partial charge in [-0.1, -0.05) is 237 Å². The topological polar surface area (TPSA) is 19.6 Å². The fourth-order valence-electron chi connectivity index (χ4n) is 11.5. The van der Waals surface area contributed by atoms with Gasteiger partial charge >= 0.3 is 0 Å². The van der Waals surface area contributed by atoms with Crippen molar-refractivity contribution >= 4 is 66.8 Å². The van der Waals surface area contributed by atoms with Crippen LogP contribution in [0.1, 0.15) is 0 Å². The highest BCUT2D eigenvalue weighted by Crippen LogP contribution is 2.48. The minimum Gasteiger partial charge on any atom is -0.456 e. The van der Waals surface area contributed by atoms with Gasteiger partial charge in [-0.3, -0.25) is 0 Å². The van der Waals surface area contributed by atoms with E-state index >= 15 is 0 Å². The molecule has 13 aromatic carbocycles. The fraction of sp³-hybridized carbons (Fsp3) is 0. The van der Waals surface area contributed by atoms with E-state index in [1.807, 2.05) is 0 Å². The quantitative estimate of drug-likeness (QED) is 0.122. The van der Waals surface area contributed by atoms with E-state index in [1.54, 1.807) is 0 Å². The average Bonchev–Trinajstić information content (AvgIpc) is 3.98. The predicted molar refractivity (Wildman–Crippen MR) is 333 cm³/mol. The summed E-state index contributed by atoms with van der Waals surface area (Å²) < 4.78 is 6.54. The maximum Gasteiger partial charge on any atom is 0.136 e. The molecule has 0 aliphatic carbocycles. The summed E-state index contributed by atoms with van der Waals surface area (Å²) in [6, 6.07) is 114. The molecule has 0 amide bonds. The smallest absolute Gasteiger partial charge is 0.136 e. The Morgan fingerprint density at radius 2 is 0.595 bits per heavy atom. The Bertz CT molecular complexity index is 4490. The van der Waals surface area contributed by atoms with Crippen molar-refractivity contribution in [2.75, 3.05) is 9.80 Å². The molecule has 0 atom stereocenters. The van der Waals surface area contributed by atoms with E-state index in [2.05, 4.69) is 325 Å². The van der Waals surface area contributed by atoms with Gasteiger partial charge in [0.15, 0.2) is 0 Å².